The van der Waals surface area contributed by atoms with Crippen molar-refractivity contribution in [1.29, 1.82) is 0 Å². The molecule has 1 amide bonds. The van der Waals surface area contributed by atoms with Gasteiger partial charge in [0, 0.05) is 5.41 Å². The summed E-state index contributed by atoms with van der Waals surface area (Å²) in [5.74, 6) is 0.186. The smallest absolute Gasteiger partial charge is 0.419 e. The van der Waals surface area contributed by atoms with E-state index < -0.39 is 11.7 Å². The summed E-state index contributed by atoms with van der Waals surface area (Å²) < 4.78 is 5.61. The van der Waals surface area contributed by atoms with Crippen LogP contribution < -0.4 is 4.90 Å². The zero-order chi connectivity index (χ0) is 17.7. The molecule has 2 aromatic carbocycles. The molecule has 1 heterocycles. The van der Waals surface area contributed by atoms with Gasteiger partial charge in [-0.15, -0.1) is 0 Å². The minimum Gasteiger partial charge on any atom is -0.508 e. The highest BCUT2D eigenvalue weighted by molar-refractivity contribution is 6.00. The Morgan fingerprint density at radius 3 is 2.33 bits per heavy atom. The van der Waals surface area contributed by atoms with Gasteiger partial charge in [0.25, 0.3) is 0 Å². The van der Waals surface area contributed by atoms with E-state index in [1.807, 2.05) is 45.0 Å². The molecule has 1 N–H and O–H groups in total. The highest BCUT2D eigenvalue weighted by Gasteiger charge is 2.40. The van der Waals surface area contributed by atoms with Crippen molar-refractivity contribution in [1.82, 2.24) is 0 Å². The van der Waals surface area contributed by atoms with Crippen molar-refractivity contribution in [3.63, 3.8) is 0 Å². The summed E-state index contributed by atoms with van der Waals surface area (Å²) in [6.07, 6.45) is -0.419. The van der Waals surface area contributed by atoms with Gasteiger partial charge in [-0.3, -0.25) is 0 Å². The maximum atomic E-state index is 12.9. The lowest BCUT2D eigenvalue weighted by Gasteiger charge is -2.41. The lowest BCUT2D eigenvalue weighted by Crippen LogP contribution is -2.39. The molecule has 0 saturated carbocycles. The van der Waals surface area contributed by atoms with E-state index in [-0.39, 0.29) is 11.2 Å². The van der Waals surface area contributed by atoms with Crippen LogP contribution in [0.15, 0.2) is 42.5 Å². The molecule has 1 aliphatic heterocycles. The van der Waals surface area contributed by atoms with Crippen molar-refractivity contribution in [3.05, 3.63) is 53.6 Å². The van der Waals surface area contributed by atoms with Crippen LogP contribution in [0.3, 0.4) is 0 Å². The van der Waals surface area contributed by atoms with E-state index in [0.717, 1.165) is 22.5 Å². The highest BCUT2D eigenvalue weighted by Crippen LogP contribution is 2.49. The molecule has 4 heteroatoms. The second-order valence-corrected chi connectivity index (χ2v) is 7.66. The number of amides is 1. The number of carbonyl (C=O) groups is 1. The van der Waals surface area contributed by atoms with E-state index in [9.17, 15) is 9.90 Å². The lowest BCUT2D eigenvalue weighted by molar-refractivity contribution is 0.0597. The molecule has 3 rings (SSSR count). The molecular formula is C20H23NO3. The highest BCUT2D eigenvalue weighted by atomic mass is 16.6. The number of benzene rings is 2. The molecule has 0 fully saturated rings. The normalized spacial score (nSPS) is 15.5. The van der Waals surface area contributed by atoms with E-state index in [1.165, 1.54) is 0 Å². The monoisotopic (exact) mass is 325 g/mol. The number of carbonyl (C=O) groups excluding carboxylic acids is 1. The van der Waals surface area contributed by atoms with Gasteiger partial charge in [-0.2, -0.15) is 0 Å². The molecule has 1 aliphatic rings. The fraction of sp³-hybridized carbons (Fsp3) is 0.350. The van der Waals surface area contributed by atoms with Crippen LogP contribution in [-0.2, 0) is 10.2 Å². The Morgan fingerprint density at radius 1 is 1.04 bits per heavy atom. The summed E-state index contributed by atoms with van der Waals surface area (Å²) in [6.45, 7) is 9.74. The van der Waals surface area contributed by atoms with Crippen molar-refractivity contribution >= 4 is 17.5 Å². The molecule has 0 saturated heterocycles. The minimum absolute atomic E-state index is 0.186. The fourth-order valence-electron chi connectivity index (χ4n) is 3.20. The predicted molar refractivity (Wildman–Crippen MR) is 95.0 cm³/mol. The summed E-state index contributed by atoms with van der Waals surface area (Å²) in [4.78, 5) is 14.5. The summed E-state index contributed by atoms with van der Waals surface area (Å²) in [6, 6.07) is 12.9. The van der Waals surface area contributed by atoms with Gasteiger partial charge in [-0.25, -0.2) is 9.69 Å². The summed E-state index contributed by atoms with van der Waals surface area (Å²) in [5.41, 5.74) is 2.56. The molecule has 0 unspecified atom stereocenters. The van der Waals surface area contributed by atoms with Gasteiger partial charge >= 0.3 is 6.09 Å². The van der Waals surface area contributed by atoms with Gasteiger partial charge < -0.3 is 9.84 Å². The standard InChI is InChI=1S/C20H23NO3/c1-19(2,3)24-18(23)21-16-9-7-6-8-14(16)20(4,5)15-12-13(22)10-11-17(15)21/h6-12,22H,1-5H3. The van der Waals surface area contributed by atoms with Gasteiger partial charge in [0.05, 0.1) is 11.4 Å². The van der Waals surface area contributed by atoms with E-state index >= 15 is 0 Å². The van der Waals surface area contributed by atoms with E-state index in [1.54, 1.807) is 23.1 Å². The zero-order valence-corrected chi connectivity index (χ0v) is 14.8. The van der Waals surface area contributed by atoms with Gasteiger partial charge in [-0.05, 0) is 56.2 Å². The molecule has 0 spiro atoms. The van der Waals surface area contributed by atoms with Gasteiger partial charge in [0.15, 0.2) is 0 Å². The number of hydrogen-bond donors (Lipinski definition) is 1. The third kappa shape index (κ3) is 2.62. The summed E-state index contributed by atoms with van der Waals surface area (Å²) in [5, 5.41) is 9.95. The number of fused-ring (bicyclic) bond motifs is 2. The SMILES string of the molecule is CC(C)(C)OC(=O)N1c2ccccc2C(C)(C)c2cc(O)ccc21. The Balaban J connectivity index is 2.23. The fourth-order valence-corrected chi connectivity index (χ4v) is 3.20. The number of ether oxygens (including phenoxy) is 1. The van der Waals surface area contributed by atoms with Gasteiger partial charge in [0.1, 0.15) is 11.4 Å². The zero-order valence-electron chi connectivity index (χ0n) is 14.8. The first kappa shape index (κ1) is 16.4. The van der Waals surface area contributed by atoms with Crippen LogP contribution in [0.4, 0.5) is 16.2 Å². The molecule has 0 aliphatic carbocycles. The van der Waals surface area contributed by atoms with E-state index in [0.29, 0.717) is 0 Å². The topological polar surface area (TPSA) is 49.8 Å². The number of aromatic hydroxyl groups is 1. The average molecular weight is 325 g/mol. The predicted octanol–water partition coefficient (Wildman–Crippen LogP) is 5.10. The molecule has 0 bridgehead atoms. The molecular weight excluding hydrogens is 302 g/mol. The molecule has 0 atom stereocenters. The maximum Gasteiger partial charge on any atom is 0.419 e. The quantitative estimate of drug-likeness (QED) is 0.732. The Kier molecular flexibility index (Phi) is 3.59. The van der Waals surface area contributed by atoms with Crippen LogP contribution >= 0.6 is 0 Å². The first-order valence-electron chi connectivity index (χ1n) is 8.07. The van der Waals surface area contributed by atoms with E-state index in [2.05, 4.69) is 13.8 Å². The lowest BCUT2D eigenvalue weighted by atomic mass is 9.73. The van der Waals surface area contributed by atoms with Crippen LogP contribution in [0.2, 0.25) is 0 Å². The van der Waals surface area contributed by atoms with Crippen LogP contribution in [-0.4, -0.2) is 16.8 Å². The number of rotatable bonds is 0. The third-order valence-corrected chi connectivity index (χ3v) is 4.29. The van der Waals surface area contributed by atoms with Crippen molar-refractivity contribution < 1.29 is 14.6 Å². The summed E-state index contributed by atoms with van der Waals surface area (Å²) in [7, 11) is 0. The van der Waals surface area contributed by atoms with E-state index in [4.69, 9.17) is 4.74 Å². The molecule has 126 valence electrons. The number of phenolic OH excluding ortho intramolecular Hbond substituents is 1. The first-order chi connectivity index (χ1) is 11.1. The van der Waals surface area contributed by atoms with Crippen LogP contribution in [0.5, 0.6) is 5.75 Å². The Morgan fingerprint density at radius 2 is 1.67 bits per heavy atom. The molecule has 4 nitrogen and oxygen atoms in total. The number of nitrogens with zero attached hydrogens (tertiary/aromatic N) is 1. The van der Waals surface area contributed by atoms with Crippen LogP contribution in [0, 0.1) is 0 Å². The van der Waals surface area contributed by atoms with Crippen LogP contribution in [0.1, 0.15) is 45.7 Å². The van der Waals surface area contributed by atoms with Crippen molar-refractivity contribution in [2.45, 2.75) is 45.6 Å². The Hall–Kier alpha value is -2.49. The first-order valence-corrected chi connectivity index (χ1v) is 8.07. The molecule has 24 heavy (non-hydrogen) atoms. The largest absolute Gasteiger partial charge is 0.508 e. The maximum absolute atomic E-state index is 12.9. The molecule has 2 aromatic rings. The second kappa shape index (κ2) is 5.26. The number of hydrogen-bond acceptors (Lipinski definition) is 3. The van der Waals surface area contributed by atoms with Gasteiger partial charge in [-0.1, -0.05) is 32.0 Å². The number of para-hydroxylation sites is 1. The average Bonchev–Trinajstić information content (AvgIpc) is 2.46. The summed E-state index contributed by atoms with van der Waals surface area (Å²) >= 11 is 0. The Labute approximate surface area is 142 Å². The third-order valence-electron chi connectivity index (χ3n) is 4.29. The van der Waals surface area contributed by atoms with Crippen LogP contribution in [0.25, 0.3) is 0 Å². The minimum atomic E-state index is -0.587. The Bertz CT molecular complexity index is 803. The van der Waals surface area contributed by atoms with Crippen molar-refractivity contribution in [3.8, 4) is 5.75 Å². The number of phenols is 1. The number of anilines is 2. The van der Waals surface area contributed by atoms with Gasteiger partial charge in [0.2, 0.25) is 0 Å². The van der Waals surface area contributed by atoms with Crippen molar-refractivity contribution in [2.24, 2.45) is 0 Å². The molecule has 0 aromatic heterocycles. The molecule has 0 radical (unpaired) electrons. The van der Waals surface area contributed by atoms with Crippen molar-refractivity contribution in [2.75, 3.05) is 4.90 Å². The second-order valence-electron chi connectivity index (χ2n) is 7.66.